The molecule has 2 aromatic heterocycles. The van der Waals surface area contributed by atoms with Crippen LogP contribution in [0, 0.1) is 6.92 Å². The zero-order valence-corrected chi connectivity index (χ0v) is 12.8. The third-order valence-electron chi connectivity index (χ3n) is 2.86. The van der Waals surface area contributed by atoms with E-state index in [1.807, 2.05) is 6.92 Å². The van der Waals surface area contributed by atoms with Crippen molar-refractivity contribution in [3.05, 3.63) is 50.3 Å². The molecule has 0 aliphatic carbocycles. The molecule has 0 bridgehead atoms. The van der Waals surface area contributed by atoms with Crippen LogP contribution in [0.5, 0.6) is 0 Å². The molecule has 0 radical (unpaired) electrons. The summed E-state index contributed by atoms with van der Waals surface area (Å²) in [4.78, 5) is 28.7. The fourth-order valence-electron chi connectivity index (χ4n) is 1.82. The number of nitrogens with one attached hydrogen (secondary N) is 1. The van der Waals surface area contributed by atoms with Crippen LogP contribution in [0.25, 0.3) is 0 Å². The van der Waals surface area contributed by atoms with E-state index in [1.54, 1.807) is 25.4 Å². The zero-order valence-electron chi connectivity index (χ0n) is 12.0. The molecule has 0 spiro atoms. The number of carbonyl (C=O) groups is 1. The van der Waals surface area contributed by atoms with Gasteiger partial charge in [0.25, 0.3) is 5.56 Å². The van der Waals surface area contributed by atoms with Gasteiger partial charge in [-0.05, 0) is 13.0 Å². The predicted octanol–water partition coefficient (Wildman–Crippen LogP) is 1.08. The number of ether oxygens (including phenoxy) is 1. The van der Waals surface area contributed by atoms with Crippen LogP contribution in [0.1, 0.15) is 15.6 Å². The van der Waals surface area contributed by atoms with Gasteiger partial charge in [0, 0.05) is 24.3 Å². The highest BCUT2D eigenvalue weighted by molar-refractivity contribution is 7.11. The van der Waals surface area contributed by atoms with E-state index in [9.17, 15) is 9.59 Å². The number of amides is 1. The Morgan fingerprint density at radius 2 is 2.29 bits per heavy atom. The maximum absolute atomic E-state index is 11.9. The Balaban J connectivity index is 1.92. The average molecular weight is 307 g/mol. The Hall–Kier alpha value is -1.99. The van der Waals surface area contributed by atoms with E-state index in [0.29, 0.717) is 13.2 Å². The van der Waals surface area contributed by atoms with Crippen LogP contribution in [-0.4, -0.2) is 22.6 Å². The number of hydrogen-bond acceptors (Lipinski definition) is 5. The monoisotopic (exact) mass is 307 g/mol. The van der Waals surface area contributed by atoms with Crippen LogP contribution in [-0.2, 0) is 29.2 Å². The van der Waals surface area contributed by atoms with Crippen LogP contribution < -0.4 is 10.9 Å². The number of hydrogen-bond donors (Lipinski definition) is 1. The molecule has 0 saturated heterocycles. The largest absolute Gasteiger partial charge is 0.378 e. The topological polar surface area (TPSA) is 73.2 Å². The molecular weight excluding hydrogens is 290 g/mol. The van der Waals surface area contributed by atoms with Gasteiger partial charge in [-0.3, -0.25) is 9.59 Å². The van der Waals surface area contributed by atoms with Crippen LogP contribution in [0.15, 0.2) is 29.2 Å². The summed E-state index contributed by atoms with van der Waals surface area (Å²) in [5, 5.41) is 3.69. The summed E-state index contributed by atoms with van der Waals surface area (Å²) in [5.74, 6) is -0.204. The minimum atomic E-state index is -0.204. The van der Waals surface area contributed by atoms with Crippen molar-refractivity contribution in [1.29, 1.82) is 0 Å². The highest BCUT2D eigenvalue weighted by atomic mass is 32.1. The summed E-state index contributed by atoms with van der Waals surface area (Å²) in [6.45, 7) is 2.80. The van der Waals surface area contributed by atoms with Crippen molar-refractivity contribution in [3.8, 4) is 0 Å². The summed E-state index contributed by atoms with van der Waals surface area (Å²) < 4.78 is 6.40. The Labute approximate surface area is 126 Å². The van der Waals surface area contributed by atoms with E-state index in [2.05, 4.69) is 10.3 Å². The molecule has 0 aromatic carbocycles. The lowest BCUT2D eigenvalue weighted by Crippen LogP contribution is -2.31. The van der Waals surface area contributed by atoms with E-state index >= 15 is 0 Å². The lowest BCUT2D eigenvalue weighted by atomic mass is 10.4. The first-order chi connectivity index (χ1) is 10.1. The minimum absolute atomic E-state index is 0.0163. The smallest absolute Gasteiger partial charge is 0.250 e. The first kappa shape index (κ1) is 15.4. The van der Waals surface area contributed by atoms with Gasteiger partial charge in [-0.1, -0.05) is 6.07 Å². The van der Waals surface area contributed by atoms with E-state index in [0.717, 1.165) is 15.6 Å². The third kappa shape index (κ3) is 4.24. The molecule has 2 rings (SSSR count). The van der Waals surface area contributed by atoms with Crippen LogP contribution in [0.2, 0.25) is 0 Å². The van der Waals surface area contributed by atoms with E-state index in [1.165, 1.54) is 22.0 Å². The minimum Gasteiger partial charge on any atom is -0.378 e. The summed E-state index contributed by atoms with van der Waals surface area (Å²) in [5.41, 5.74) is 0.702. The second-order valence-electron chi connectivity index (χ2n) is 4.49. The Morgan fingerprint density at radius 1 is 1.48 bits per heavy atom. The number of aromatic nitrogens is 2. The molecule has 0 unspecified atom stereocenters. The van der Waals surface area contributed by atoms with Crippen molar-refractivity contribution >= 4 is 17.2 Å². The van der Waals surface area contributed by atoms with Gasteiger partial charge in [0.15, 0.2) is 0 Å². The molecule has 1 N–H and O–H groups in total. The standard InChI is InChI=1S/C14H17N3O3S/c1-10-11(21-13(16-10)9-20-2)7-15-12(18)8-17-6-4-3-5-14(17)19/h3-6H,7-9H2,1-2H3,(H,15,18). The number of carbonyl (C=O) groups excluding carboxylic acids is 1. The van der Waals surface area contributed by atoms with Crippen LogP contribution >= 0.6 is 11.3 Å². The van der Waals surface area contributed by atoms with E-state index in [-0.39, 0.29) is 18.0 Å². The van der Waals surface area contributed by atoms with Gasteiger partial charge in [0.2, 0.25) is 5.91 Å². The fourth-order valence-corrected chi connectivity index (χ4v) is 2.80. The number of methoxy groups -OCH3 is 1. The molecule has 0 aliphatic heterocycles. The van der Waals surface area contributed by atoms with Crippen molar-refractivity contribution in [3.63, 3.8) is 0 Å². The van der Waals surface area contributed by atoms with Crippen LogP contribution in [0.4, 0.5) is 0 Å². The molecule has 2 heterocycles. The Morgan fingerprint density at radius 3 is 3.00 bits per heavy atom. The molecule has 2 aromatic rings. The average Bonchev–Trinajstić information content (AvgIpc) is 2.80. The molecule has 0 aliphatic rings. The Bertz CT molecular complexity index is 678. The number of thiazole rings is 1. The maximum atomic E-state index is 11.9. The fraction of sp³-hybridized carbons (Fsp3) is 0.357. The van der Waals surface area contributed by atoms with Gasteiger partial charge in [-0.2, -0.15) is 0 Å². The number of pyridine rings is 1. The third-order valence-corrected chi connectivity index (χ3v) is 3.99. The van der Waals surface area contributed by atoms with Crippen molar-refractivity contribution in [2.24, 2.45) is 0 Å². The lowest BCUT2D eigenvalue weighted by Gasteiger charge is -2.06. The molecule has 6 nitrogen and oxygen atoms in total. The maximum Gasteiger partial charge on any atom is 0.250 e. The molecule has 1 amide bonds. The van der Waals surface area contributed by atoms with Crippen LogP contribution in [0.3, 0.4) is 0 Å². The second kappa shape index (κ2) is 7.14. The van der Waals surface area contributed by atoms with Gasteiger partial charge in [-0.15, -0.1) is 11.3 Å². The molecular formula is C14H17N3O3S. The van der Waals surface area contributed by atoms with Gasteiger partial charge in [0.1, 0.15) is 11.6 Å². The second-order valence-corrected chi connectivity index (χ2v) is 5.66. The Kier molecular flexibility index (Phi) is 5.24. The zero-order chi connectivity index (χ0) is 15.2. The highest BCUT2D eigenvalue weighted by Crippen LogP contribution is 2.18. The summed E-state index contributed by atoms with van der Waals surface area (Å²) in [6, 6.07) is 4.80. The van der Waals surface area contributed by atoms with Gasteiger partial charge < -0.3 is 14.6 Å². The van der Waals surface area contributed by atoms with Gasteiger partial charge >= 0.3 is 0 Å². The molecule has 0 fully saturated rings. The predicted molar refractivity (Wildman–Crippen MR) is 80.1 cm³/mol. The highest BCUT2D eigenvalue weighted by Gasteiger charge is 2.09. The van der Waals surface area contributed by atoms with E-state index < -0.39 is 0 Å². The van der Waals surface area contributed by atoms with Gasteiger partial charge in [0.05, 0.1) is 18.8 Å². The van der Waals surface area contributed by atoms with Crippen molar-refractivity contribution < 1.29 is 9.53 Å². The number of rotatable bonds is 6. The van der Waals surface area contributed by atoms with Crippen molar-refractivity contribution in [2.45, 2.75) is 26.6 Å². The van der Waals surface area contributed by atoms with Gasteiger partial charge in [-0.25, -0.2) is 4.98 Å². The van der Waals surface area contributed by atoms with Crippen molar-refractivity contribution in [1.82, 2.24) is 14.9 Å². The molecule has 7 heteroatoms. The number of nitrogens with zero attached hydrogens (tertiary/aromatic N) is 2. The molecule has 0 saturated carbocycles. The quantitative estimate of drug-likeness (QED) is 0.866. The van der Waals surface area contributed by atoms with Crippen molar-refractivity contribution in [2.75, 3.05) is 7.11 Å². The summed E-state index contributed by atoms with van der Waals surface area (Å²) in [6.07, 6.45) is 1.59. The molecule has 112 valence electrons. The lowest BCUT2D eigenvalue weighted by molar-refractivity contribution is -0.121. The van der Waals surface area contributed by atoms with E-state index in [4.69, 9.17) is 4.74 Å². The molecule has 21 heavy (non-hydrogen) atoms. The summed E-state index contributed by atoms with van der Waals surface area (Å²) in [7, 11) is 1.62. The summed E-state index contributed by atoms with van der Waals surface area (Å²) >= 11 is 1.52. The normalized spacial score (nSPS) is 10.6. The molecule has 0 atom stereocenters. The first-order valence-electron chi connectivity index (χ1n) is 6.46. The SMILES string of the molecule is COCc1nc(C)c(CNC(=O)Cn2ccccc2=O)s1. The number of aryl methyl sites for hydroxylation is 1. The first-order valence-corrected chi connectivity index (χ1v) is 7.28.